The van der Waals surface area contributed by atoms with Crippen LogP contribution in [0.4, 0.5) is 16.3 Å². The number of benzene rings is 1. The Kier molecular flexibility index (Phi) is 4.81. The Labute approximate surface area is 162 Å². The molecular formula is C20H20N6O2. The van der Waals surface area contributed by atoms with Crippen molar-refractivity contribution in [1.82, 2.24) is 14.9 Å². The largest absolute Gasteiger partial charge is 0.441 e. The van der Waals surface area contributed by atoms with E-state index in [2.05, 4.69) is 26.3 Å². The number of urea groups is 1. The van der Waals surface area contributed by atoms with Crippen LogP contribution in [0, 0.1) is 11.3 Å². The number of amides is 2. The van der Waals surface area contributed by atoms with Crippen LogP contribution in [-0.4, -0.2) is 47.1 Å². The Balaban J connectivity index is 1.36. The summed E-state index contributed by atoms with van der Waals surface area (Å²) in [5.41, 5.74) is 2.70. The Morgan fingerprint density at radius 1 is 1.25 bits per heavy atom. The lowest BCUT2D eigenvalue weighted by Gasteiger charge is -2.35. The molecule has 0 radical (unpaired) electrons. The molecule has 1 fully saturated rings. The van der Waals surface area contributed by atoms with Gasteiger partial charge in [-0.2, -0.15) is 5.26 Å². The van der Waals surface area contributed by atoms with Gasteiger partial charge < -0.3 is 19.5 Å². The Hall–Kier alpha value is -3.60. The van der Waals surface area contributed by atoms with Gasteiger partial charge in [0.25, 0.3) is 0 Å². The summed E-state index contributed by atoms with van der Waals surface area (Å²) in [6.07, 6.45) is 2.30. The van der Waals surface area contributed by atoms with Crippen LogP contribution in [0.15, 0.2) is 40.9 Å². The van der Waals surface area contributed by atoms with Gasteiger partial charge in [0.1, 0.15) is 17.4 Å². The van der Waals surface area contributed by atoms with E-state index >= 15 is 0 Å². The van der Waals surface area contributed by atoms with Crippen molar-refractivity contribution in [2.75, 3.05) is 36.4 Å². The number of hydrogen-bond acceptors (Lipinski definition) is 6. The molecule has 1 aromatic carbocycles. The molecule has 1 aliphatic rings. The van der Waals surface area contributed by atoms with Gasteiger partial charge in [0.05, 0.1) is 5.56 Å². The van der Waals surface area contributed by atoms with E-state index in [1.807, 2.05) is 31.2 Å². The first-order chi connectivity index (χ1) is 13.7. The van der Waals surface area contributed by atoms with Gasteiger partial charge in [-0.25, -0.2) is 14.8 Å². The Morgan fingerprint density at radius 3 is 2.75 bits per heavy atom. The molecule has 8 heteroatoms. The van der Waals surface area contributed by atoms with Crippen LogP contribution < -0.4 is 10.2 Å². The predicted octanol–water partition coefficient (Wildman–Crippen LogP) is 3.01. The Bertz CT molecular complexity index is 1030. The number of fused-ring (bicyclic) bond motifs is 1. The molecule has 3 aromatic rings. The van der Waals surface area contributed by atoms with Crippen molar-refractivity contribution < 1.29 is 9.21 Å². The highest BCUT2D eigenvalue weighted by Crippen LogP contribution is 2.21. The van der Waals surface area contributed by atoms with E-state index in [1.54, 1.807) is 17.2 Å². The second-order valence-corrected chi connectivity index (χ2v) is 6.56. The number of carbonyl (C=O) groups excluding carboxylic acids is 1. The highest BCUT2D eigenvalue weighted by molar-refractivity contribution is 5.91. The molecule has 4 rings (SSSR count). The molecule has 2 amide bonds. The fraction of sp³-hybridized carbons (Fsp3) is 0.300. The number of anilines is 2. The highest BCUT2D eigenvalue weighted by atomic mass is 16.3. The van der Waals surface area contributed by atoms with Crippen LogP contribution in [-0.2, 0) is 6.42 Å². The lowest BCUT2D eigenvalue weighted by atomic mass is 10.2. The molecule has 1 saturated heterocycles. The molecule has 0 bridgehead atoms. The summed E-state index contributed by atoms with van der Waals surface area (Å²) in [4.78, 5) is 25.2. The van der Waals surface area contributed by atoms with Gasteiger partial charge >= 0.3 is 6.03 Å². The van der Waals surface area contributed by atoms with Crippen molar-refractivity contribution in [3.05, 3.63) is 48.0 Å². The lowest BCUT2D eigenvalue weighted by molar-refractivity contribution is 0.208. The molecule has 2 aromatic heterocycles. The van der Waals surface area contributed by atoms with Crippen LogP contribution in [0.25, 0.3) is 11.1 Å². The molecule has 1 N–H and O–H groups in total. The quantitative estimate of drug-likeness (QED) is 0.754. The second-order valence-electron chi connectivity index (χ2n) is 6.56. The molecule has 0 aliphatic carbocycles. The molecule has 0 spiro atoms. The summed E-state index contributed by atoms with van der Waals surface area (Å²) in [5, 5.41) is 11.8. The highest BCUT2D eigenvalue weighted by Gasteiger charge is 2.22. The molecule has 8 nitrogen and oxygen atoms in total. The van der Waals surface area contributed by atoms with Gasteiger partial charge in [-0.05, 0) is 30.3 Å². The molecule has 0 saturated carbocycles. The third kappa shape index (κ3) is 3.60. The van der Waals surface area contributed by atoms with Gasteiger partial charge in [-0.1, -0.05) is 6.92 Å². The number of pyridine rings is 1. The molecule has 28 heavy (non-hydrogen) atoms. The summed E-state index contributed by atoms with van der Waals surface area (Å²) in [6.45, 7) is 4.56. The van der Waals surface area contributed by atoms with Crippen molar-refractivity contribution >= 4 is 28.6 Å². The number of nitrogens with one attached hydrogen (secondary N) is 1. The van der Waals surface area contributed by atoms with Crippen molar-refractivity contribution in [3.63, 3.8) is 0 Å². The minimum Gasteiger partial charge on any atom is -0.441 e. The maximum Gasteiger partial charge on any atom is 0.321 e. The first kappa shape index (κ1) is 17.8. The third-order valence-electron chi connectivity index (χ3n) is 4.75. The van der Waals surface area contributed by atoms with Crippen LogP contribution in [0.1, 0.15) is 18.4 Å². The van der Waals surface area contributed by atoms with Crippen LogP contribution in [0.5, 0.6) is 0 Å². The van der Waals surface area contributed by atoms with E-state index in [-0.39, 0.29) is 6.03 Å². The van der Waals surface area contributed by atoms with Gasteiger partial charge in [0.15, 0.2) is 11.5 Å². The molecule has 1 aliphatic heterocycles. The number of aryl methyl sites for hydroxylation is 1. The van der Waals surface area contributed by atoms with E-state index in [0.717, 1.165) is 23.3 Å². The summed E-state index contributed by atoms with van der Waals surface area (Å²) in [6, 6.07) is 11.0. The van der Waals surface area contributed by atoms with Crippen LogP contribution in [0.2, 0.25) is 0 Å². The number of nitriles is 1. The zero-order valence-electron chi connectivity index (χ0n) is 15.6. The van der Waals surface area contributed by atoms with E-state index in [1.165, 1.54) is 0 Å². The first-order valence-corrected chi connectivity index (χ1v) is 9.23. The molecular weight excluding hydrogens is 356 g/mol. The van der Waals surface area contributed by atoms with Crippen LogP contribution >= 0.6 is 0 Å². The fourth-order valence-electron chi connectivity index (χ4n) is 3.18. The van der Waals surface area contributed by atoms with Gasteiger partial charge in [-0.15, -0.1) is 0 Å². The fourth-order valence-corrected chi connectivity index (χ4v) is 3.18. The zero-order valence-corrected chi connectivity index (χ0v) is 15.6. The number of rotatable bonds is 3. The second kappa shape index (κ2) is 7.56. The standard InChI is InChI=1S/C20H20N6O2/c1-2-19-24-16-11-15(4-5-17(16)28-19)23-20(27)26-9-7-25(8-10-26)18-6-3-14(12-21)13-22-18/h3-6,11,13H,2,7-10H2,1H3,(H,23,27). The summed E-state index contributed by atoms with van der Waals surface area (Å²) in [7, 11) is 0. The van der Waals surface area contributed by atoms with Crippen molar-refractivity contribution in [1.29, 1.82) is 5.26 Å². The maximum absolute atomic E-state index is 12.6. The molecule has 0 unspecified atom stereocenters. The summed E-state index contributed by atoms with van der Waals surface area (Å²) >= 11 is 0. The number of oxazole rings is 1. The maximum atomic E-state index is 12.6. The minimum atomic E-state index is -0.133. The van der Waals surface area contributed by atoms with E-state index < -0.39 is 0 Å². The predicted molar refractivity (Wildman–Crippen MR) is 105 cm³/mol. The SMILES string of the molecule is CCc1nc2cc(NC(=O)N3CCN(c4ccc(C#N)cn4)CC3)ccc2o1. The third-order valence-corrected chi connectivity index (χ3v) is 4.75. The topological polar surface area (TPSA) is 98.3 Å². The minimum absolute atomic E-state index is 0.133. The number of piperazine rings is 1. The monoisotopic (exact) mass is 376 g/mol. The van der Waals surface area contributed by atoms with Crippen molar-refractivity contribution in [3.8, 4) is 6.07 Å². The molecule has 0 atom stereocenters. The summed E-state index contributed by atoms with van der Waals surface area (Å²) in [5.74, 6) is 1.51. The van der Waals surface area contributed by atoms with E-state index in [0.29, 0.717) is 43.3 Å². The first-order valence-electron chi connectivity index (χ1n) is 9.23. The number of hydrogen-bond donors (Lipinski definition) is 1. The van der Waals surface area contributed by atoms with Gasteiger partial charge in [0.2, 0.25) is 0 Å². The molecule has 142 valence electrons. The van der Waals surface area contributed by atoms with Crippen molar-refractivity contribution in [2.24, 2.45) is 0 Å². The smallest absolute Gasteiger partial charge is 0.321 e. The van der Waals surface area contributed by atoms with E-state index in [4.69, 9.17) is 9.68 Å². The van der Waals surface area contributed by atoms with Crippen LogP contribution in [0.3, 0.4) is 0 Å². The van der Waals surface area contributed by atoms with Gasteiger partial charge in [0, 0.05) is 44.5 Å². The number of nitrogens with zero attached hydrogens (tertiary/aromatic N) is 5. The normalized spacial score (nSPS) is 14.1. The number of aromatic nitrogens is 2. The number of carbonyl (C=O) groups is 1. The van der Waals surface area contributed by atoms with E-state index in [9.17, 15) is 4.79 Å². The van der Waals surface area contributed by atoms with Crippen molar-refractivity contribution in [2.45, 2.75) is 13.3 Å². The molecule has 3 heterocycles. The average molecular weight is 376 g/mol. The lowest BCUT2D eigenvalue weighted by Crippen LogP contribution is -2.50. The zero-order chi connectivity index (χ0) is 19.5. The average Bonchev–Trinajstić information content (AvgIpc) is 3.16. The Morgan fingerprint density at radius 2 is 2.07 bits per heavy atom. The summed E-state index contributed by atoms with van der Waals surface area (Å²) < 4.78 is 5.60. The van der Waals surface area contributed by atoms with Gasteiger partial charge in [-0.3, -0.25) is 0 Å².